The van der Waals surface area contributed by atoms with Gasteiger partial charge in [0.15, 0.2) is 11.5 Å². The number of rotatable bonds is 6. The van der Waals surface area contributed by atoms with Gasteiger partial charge in [0, 0.05) is 16.5 Å². The summed E-state index contributed by atoms with van der Waals surface area (Å²) in [5, 5.41) is 3.10. The van der Waals surface area contributed by atoms with E-state index in [9.17, 15) is 4.79 Å². The van der Waals surface area contributed by atoms with Gasteiger partial charge in [-0.25, -0.2) is 4.98 Å². The number of thiazole rings is 1. The molecule has 1 aliphatic rings. The van der Waals surface area contributed by atoms with E-state index in [0.29, 0.717) is 11.5 Å². The van der Waals surface area contributed by atoms with Crippen molar-refractivity contribution in [3.05, 3.63) is 65.2 Å². The monoisotopic (exact) mass is 424 g/mol. The molecule has 1 aliphatic heterocycles. The van der Waals surface area contributed by atoms with Gasteiger partial charge in [-0.3, -0.25) is 4.79 Å². The lowest BCUT2D eigenvalue weighted by Crippen LogP contribution is -3.13. The van der Waals surface area contributed by atoms with E-state index in [2.05, 4.69) is 5.38 Å². The van der Waals surface area contributed by atoms with Crippen molar-refractivity contribution < 1.29 is 19.2 Å². The fourth-order valence-electron chi connectivity index (χ4n) is 3.71. The molecule has 2 aromatic carbocycles. The zero-order valence-electron chi connectivity index (χ0n) is 17.3. The number of hydrogen-bond acceptors (Lipinski definition) is 5. The highest BCUT2D eigenvalue weighted by Gasteiger charge is 2.25. The topological polar surface area (TPSA) is 56.1 Å². The maximum atomic E-state index is 12.6. The second-order valence-corrected chi connectivity index (χ2v) is 8.16. The highest BCUT2D eigenvalue weighted by atomic mass is 32.1. The van der Waals surface area contributed by atoms with Crippen molar-refractivity contribution in [2.24, 2.45) is 0 Å². The molecule has 3 aromatic rings. The summed E-state index contributed by atoms with van der Waals surface area (Å²) < 4.78 is 10.7. The third kappa shape index (κ3) is 4.47. The Labute approximate surface area is 180 Å². The highest BCUT2D eigenvalue weighted by molar-refractivity contribution is 7.13. The first kappa shape index (κ1) is 20.4. The second kappa shape index (κ2) is 9.28. The Bertz CT molecular complexity index is 998. The maximum Gasteiger partial charge on any atom is 0.254 e. The van der Waals surface area contributed by atoms with Crippen LogP contribution in [0.4, 0.5) is 0 Å². The summed E-state index contributed by atoms with van der Waals surface area (Å²) in [5.41, 5.74) is 2.87. The van der Waals surface area contributed by atoms with Crippen LogP contribution in [0.25, 0.3) is 10.6 Å². The fourth-order valence-corrected chi connectivity index (χ4v) is 4.53. The van der Waals surface area contributed by atoms with E-state index in [4.69, 9.17) is 14.5 Å². The molecule has 1 aromatic heterocycles. The minimum atomic E-state index is 0.124. The standard InChI is InChI=1S/C23H25N3O3S/c1-28-20-9-8-18(14-21(20)29-2)22-24-19(16-30-22)15-25-10-12-26(13-11-25)23(27)17-6-4-3-5-7-17/h3-9,14,16H,10-13,15H2,1-2H3/p+1. The van der Waals surface area contributed by atoms with Crippen LogP contribution in [0, 0.1) is 0 Å². The number of nitrogens with one attached hydrogen (secondary N) is 1. The van der Waals surface area contributed by atoms with E-state index >= 15 is 0 Å². The number of ether oxygens (including phenoxy) is 2. The second-order valence-electron chi connectivity index (χ2n) is 7.30. The first-order valence-electron chi connectivity index (χ1n) is 10.0. The molecule has 1 saturated heterocycles. The van der Waals surface area contributed by atoms with E-state index in [0.717, 1.165) is 54.6 Å². The molecule has 2 heterocycles. The third-order valence-electron chi connectivity index (χ3n) is 5.39. The van der Waals surface area contributed by atoms with Gasteiger partial charge in [-0.1, -0.05) is 18.2 Å². The number of amides is 1. The smallest absolute Gasteiger partial charge is 0.254 e. The number of aromatic nitrogens is 1. The minimum Gasteiger partial charge on any atom is -0.493 e. The number of nitrogens with zero attached hydrogens (tertiary/aromatic N) is 2. The number of benzene rings is 2. The van der Waals surface area contributed by atoms with Crippen molar-refractivity contribution in [3.63, 3.8) is 0 Å². The van der Waals surface area contributed by atoms with Gasteiger partial charge in [-0.05, 0) is 30.3 Å². The Morgan fingerprint density at radius 2 is 1.80 bits per heavy atom. The molecule has 156 valence electrons. The van der Waals surface area contributed by atoms with Gasteiger partial charge in [-0.15, -0.1) is 11.3 Å². The molecule has 7 heteroatoms. The summed E-state index contributed by atoms with van der Waals surface area (Å²) in [6.45, 7) is 4.28. The highest BCUT2D eigenvalue weighted by Crippen LogP contribution is 2.33. The Hall–Kier alpha value is -2.90. The molecular formula is C23H26N3O3S+. The molecule has 0 unspecified atom stereocenters. The summed E-state index contributed by atoms with van der Waals surface area (Å²) >= 11 is 1.64. The van der Waals surface area contributed by atoms with Crippen molar-refractivity contribution in [2.45, 2.75) is 6.54 Å². The lowest BCUT2D eigenvalue weighted by Gasteiger charge is -2.32. The normalized spacial score (nSPS) is 14.5. The molecule has 0 aliphatic carbocycles. The number of carbonyl (C=O) groups is 1. The van der Waals surface area contributed by atoms with Crippen LogP contribution in [0.1, 0.15) is 16.1 Å². The molecule has 4 rings (SSSR count). The van der Waals surface area contributed by atoms with Gasteiger partial charge in [0.2, 0.25) is 0 Å². The van der Waals surface area contributed by atoms with Gasteiger partial charge < -0.3 is 19.3 Å². The van der Waals surface area contributed by atoms with Crippen LogP contribution < -0.4 is 14.4 Å². The first-order valence-corrected chi connectivity index (χ1v) is 10.9. The summed E-state index contributed by atoms with van der Waals surface area (Å²) in [6, 6.07) is 15.4. The van der Waals surface area contributed by atoms with E-state index in [1.54, 1.807) is 25.6 Å². The Balaban J connectivity index is 1.36. The number of hydrogen-bond donors (Lipinski definition) is 1. The zero-order valence-corrected chi connectivity index (χ0v) is 18.1. The largest absolute Gasteiger partial charge is 0.493 e. The molecule has 1 amide bonds. The molecule has 0 radical (unpaired) electrons. The third-order valence-corrected chi connectivity index (χ3v) is 6.33. The van der Waals surface area contributed by atoms with Gasteiger partial charge in [0.1, 0.15) is 17.2 Å². The molecule has 0 saturated carbocycles. The van der Waals surface area contributed by atoms with E-state index in [1.807, 2.05) is 53.4 Å². The Kier molecular flexibility index (Phi) is 6.30. The van der Waals surface area contributed by atoms with Crippen LogP contribution in [-0.4, -0.2) is 56.2 Å². The van der Waals surface area contributed by atoms with Crippen molar-refractivity contribution in [2.75, 3.05) is 40.4 Å². The van der Waals surface area contributed by atoms with Gasteiger partial charge in [0.05, 0.1) is 40.4 Å². The van der Waals surface area contributed by atoms with Crippen LogP contribution in [0.2, 0.25) is 0 Å². The number of carbonyl (C=O) groups excluding carboxylic acids is 1. The van der Waals surface area contributed by atoms with E-state index in [1.165, 1.54) is 4.90 Å². The molecule has 0 atom stereocenters. The van der Waals surface area contributed by atoms with Crippen molar-refractivity contribution in [1.29, 1.82) is 0 Å². The minimum absolute atomic E-state index is 0.124. The zero-order chi connectivity index (χ0) is 20.9. The predicted octanol–water partition coefficient (Wildman–Crippen LogP) is 2.37. The SMILES string of the molecule is COc1ccc(-c2nc(C[NH+]3CCN(C(=O)c4ccccc4)CC3)cs2)cc1OC. The molecule has 0 bridgehead atoms. The van der Waals surface area contributed by atoms with E-state index in [-0.39, 0.29) is 5.91 Å². The lowest BCUT2D eigenvalue weighted by molar-refractivity contribution is -0.917. The van der Waals surface area contributed by atoms with E-state index < -0.39 is 0 Å². The molecule has 6 nitrogen and oxygen atoms in total. The van der Waals surface area contributed by atoms with Crippen molar-refractivity contribution >= 4 is 17.2 Å². The molecule has 1 N–H and O–H groups in total. The summed E-state index contributed by atoms with van der Waals surface area (Å²) in [6.07, 6.45) is 0. The van der Waals surface area contributed by atoms with Crippen molar-refractivity contribution in [1.82, 2.24) is 9.88 Å². The Morgan fingerprint density at radius 3 is 2.50 bits per heavy atom. The van der Waals surface area contributed by atoms with Gasteiger partial charge in [0.25, 0.3) is 5.91 Å². The van der Waals surface area contributed by atoms with Gasteiger partial charge in [-0.2, -0.15) is 0 Å². The summed E-state index contributed by atoms with van der Waals surface area (Å²) in [4.78, 5) is 20.8. The van der Waals surface area contributed by atoms with Crippen LogP contribution >= 0.6 is 11.3 Å². The quantitative estimate of drug-likeness (QED) is 0.660. The predicted molar refractivity (Wildman–Crippen MR) is 117 cm³/mol. The molecular weight excluding hydrogens is 398 g/mol. The molecule has 30 heavy (non-hydrogen) atoms. The van der Waals surface area contributed by atoms with Crippen LogP contribution in [0.5, 0.6) is 11.5 Å². The molecule has 0 spiro atoms. The summed E-state index contributed by atoms with van der Waals surface area (Å²) in [7, 11) is 3.27. The van der Waals surface area contributed by atoms with Crippen LogP contribution in [0.3, 0.4) is 0 Å². The lowest BCUT2D eigenvalue weighted by atomic mass is 10.2. The first-order chi connectivity index (χ1) is 14.7. The Morgan fingerprint density at radius 1 is 1.07 bits per heavy atom. The number of methoxy groups -OCH3 is 2. The fraction of sp³-hybridized carbons (Fsp3) is 0.304. The van der Waals surface area contributed by atoms with Gasteiger partial charge >= 0.3 is 0 Å². The average Bonchev–Trinajstić information content (AvgIpc) is 3.27. The average molecular weight is 425 g/mol. The molecule has 1 fully saturated rings. The van der Waals surface area contributed by atoms with Crippen molar-refractivity contribution in [3.8, 4) is 22.1 Å². The number of piperazine rings is 1. The maximum absolute atomic E-state index is 12.6. The van der Waals surface area contributed by atoms with Crippen LogP contribution in [-0.2, 0) is 6.54 Å². The number of quaternary nitrogens is 1. The summed E-state index contributed by atoms with van der Waals surface area (Å²) in [5.74, 6) is 1.54. The van der Waals surface area contributed by atoms with Crippen LogP contribution in [0.15, 0.2) is 53.9 Å².